The third-order valence-corrected chi connectivity index (χ3v) is 4.13. The minimum absolute atomic E-state index is 0.0576. The molecule has 1 atom stereocenters. The molecule has 1 aliphatic rings. The van der Waals surface area contributed by atoms with E-state index in [1.54, 1.807) is 29.5 Å². The van der Waals surface area contributed by atoms with Crippen LogP contribution in [0.25, 0.3) is 0 Å². The lowest BCUT2D eigenvalue weighted by molar-refractivity contribution is -0.138. The lowest BCUT2D eigenvalue weighted by Crippen LogP contribution is -2.44. The van der Waals surface area contributed by atoms with Gasteiger partial charge < -0.3 is 19.4 Å². The lowest BCUT2D eigenvalue weighted by atomic mass is 10.1. The Kier molecular flexibility index (Phi) is 5.49. The van der Waals surface area contributed by atoms with Crippen LogP contribution in [0.4, 0.5) is 0 Å². The van der Waals surface area contributed by atoms with Crippen molar-refractivity contribution in [2.75, 3.05) is 19.8 Å². The minimum atomic E-state index is -0.194. The van der Waals surface area contributed by atoms with Crippen LogP contribution >= 0.6 is 0 Å². The number of ether oxygens (including phenoxy) is 1. The second-order valence-electron chi connectivity index (χ2n) is 5.89. The van der Waals surface area contributed by atoms with Crippen LogP contribution in [0.5, 0.6) is 0 Å². The van der Waals surface area contributed by atoms with E-state index < -0.39 is 0 Å². The van der Waals surface area contributed by atoms with Gasteiger partial charge in [0.2, 0.25) is 11.8 Å². The molecule has 0 aliphatic carbocycles. The number of carbonyl (C=O) groups excluding carboxylic acids is 2. The Bertz CT molecular complexity index is 710. The van der Waals surface area contributed by atoms with Gasteiger partial charge in [-0.2, -0.15) is 5.10 Å². The van der Waals surface area contributed by atoms with Gasteiger partial charge in [-0.1, -0.05) is 0 Å². The first kappa shape index (κ1) is 17.2. The predicted octanol–water partition coefficient (Wildman–Crippen LogP) is 1.10. The quantitative estimate of drug-likeness (QED) is 0.811. The largest absolute Gasteiger partial charge is 0.467 e. The number of hydrogen-bond acceptors (Lipinski definition) is 5. The van der Waals surface area contributed by atoms with Crippen LogP contribution in [0.2, 0.25) is 0 Å². The summed E-state index contributed by atoms with van der Waals surface area (Å²) in [4.78, 5) is 26.2. The molecule has 0 saturated heterocycles. The van der Waals surface area contributed by atoms with Crippen LogP contribution in [-0.2, 0) is 27.4 Å². The van der Waals surface area contributed by atoms with Gasteiger partial charge in [0.15, 0.2) is 0 Å². The van der Waals surface area contributed by atoms with E-state index in [1.807, 2.05) is 17.7 Å². The summed E-state index contributed by atoms with van der Waals surface area (Å²) < 4.78 is 12.2. The van der Waals surface area contributed by atoms with Crippen molar-refractivity contribution in [3.63, 3.8) is 0 Å². The Morgan fingerprint density at radius 3 is 3.08 bits per heavy atom. The highest BCUT2D eigenvalue weighted by atomic mass is 16.5. The van der Waals surface area contributed by atoms with Crippen molar-refractivity contribution in [3.8, 4) is 0 Å². The zero-order chi connectivity index (χ0) is 17.6. The summed E-state index contributed by atoms with van der Waals surface area (Å²) in [6.45, 7) is 3.67. The van der Waals surface area contributed by atoms with Gasteiger partial charge >= 0.3 is 0 Å². The molecule has 0 saturated carbocycles. The van der Waals surface area contributed by atoms with E-state index in [1.165, 1.54) is 0 Å². The maximum absolute atomic E-state index is 12.3. The SMILES string of the molecule is CCOCC(=O)N1Cc2ccnn2[C@@H](CC(=O)NCc2ccco2)C1. The average Bonchev–Trinajstić information content (AvgIpc) is 3.29. The number of nitrogens with zero attached hydrogens (tertiary/aromatic N) is 3. The van der Waals surface area contributed by atoms with Gasteiger partial charge in [-0.05, 0) is 25.1 Å². The van der Waals surface area contributed by atoms with Crippen LogP contribution in [0.1, 0.15) is 30.8 Å². The molecular formula is C17H22N4O4. The fourth-order valence-corrected chi connectivity index (χ4v) is 2.89. The molecule has 2 aromatic heterocycles. The number of aromatic nitrogens is 2. The van der Waals surface area contributed by atoms with Gasteiger partial charge in [0.1, 0.15) is 12.4 Å². The maximum atomic E-state index is 12.3. The number of nitrogens with one attached hydrogen (secondary N) is 1. The van der Waals surface area contributed by atoms with E-state index in [0.717, 1.165) is 5.69 Å². The van der Waals surface area contributed by atoms with Gasteiger partial charge in [0, 0.05) is 19.3 Å². The smallest absolute Gasteiger partial charge is 0.248 e. The summed E-state index contributed by atoms with van der Waals surface area (Å²) in [5, 5.41) is 7.14. The van der Waals surface area contributed by atoms with Crippen molar-refractivity contribution in [2.24, 2.45) is 0 Å². The molecule has 8 nitrogen and oxygen atoms in total. The Balaban J connectivity index is 1.61. The molecule has 8 heteroatoms. The Hall–Kier alpha value is -2.61. The molecule has 0 aromatic carbocycles. The van der Waals surface area contributed by atoms with Gasteiger partial charge in [0.25, 0.3) is 0 Å². The third-order valence-electron chi connectivity index (χ3n) is 4.13. The van der Waals surface area contributed by atoms with Gasteiger partial charge in [-0.25, -0.2) is 0 Å². The van der Waals surface area contributed by atoms with Crippen molar-refractivity contribution in [3.05, 3.63) is 42.1 Å². The van der Waals surface area contributed by atoms with Gasteiger partial charge in [-0.3, -0.25) is 14.3 Å². The van der Waals surface area contributed by atoms with E-state index >= 15 is 0 Å². The normalized spacial score (nSPS) is 16.5. The van der Waals surface area contributed by atoms with Crippen LogP contribution in [-0.4, -0.2) is 46.3 Å². The van der Waals surface area contributed by atoms with Gasteiger partial charge in [0.05, 0.1) is 37.5 Å². The topological polar surface area (TPSA) is 89.6 Å². The second kappa shape index (κ2) is 7.98. The first-order valence-corrected chi connectivity index (χ1v) is 8.34. The van der Waals surface area contributed by atoms with E-state index in [9.17, 15) is 9.59 Å². The van der Waals surface area contributed by atoms with E-state index in [4.69, 9.17) is 9.15 Å². The summed E-state index contributed by atoms with van der Waals surface area (Å²) >= 11 is 0. The second-order valence-corrected chi connectivity index (χ2v) is 5.89. The predicted molar refractivity (Wildman–Crippen MR) is 88.3 cm³/mol. The average molecular weight is 346 g/mol. The Labute approximate surface area is 145 Å². The summed E-state index contributed by atoms with van der Waals surface area (Å²) in [6, 6.07) is 5.26. The first-order chi connectivity index (χ1) is 12.2. The zero-order valence-electron chi connectivity index (χ0n) is 14.2. The van der Waals surface area contributed by atoms with Gasteiger partial charge in [-0.15, -0.1) is 0 Å². The molecule has 1 N–H and O–H groups in total. The molecule has 3 heterocycles. The van der Waals surface area contributed by atoms with E-state index in [-0.39, 0.29) is 30.9 Å². The summed E-state index contributed by atoms with van der Waals surface area (Å²) in [5.74, 6) is 0.516. The molecule has 134 valence electrons. The highest BCUT2D eigenvalue weighted by Crippen LogP contribution is 2.23. The third kappa shape index (κ3) is 4.27. The van der Waals surface area contributed by atoms with Crippen molar-refractivity contribution in [1.29, 1.82) is 0 Å². The van der Waals surface area contributed by atoms with Crippen molar-refractivity contribution in [1.82, 2.24) is 20.0 Å². The molecule has 2 aromatic rings. The zero-order valence-corrected chi connectivity index (χ0v) is 14.2. The first-order valence-electron chi connectivity index (χ1n) is 8.34. The van der Waals surface area contributed by atoms with E-state index in [2.05, 4.69) is 10.4 Å². The molecule has 25 heavy (non-hydrogen) atoms. The lowest BCUT2D eigenvalue weighted by Gasteiger charge is -2.33. The standard InChI is InChI=1S/C17H22N4O4/c1-2-24-12-17(23)20-10-13-5-6-19-21(13)14(11-20)8-16(22)18-9-15-4-3-7-25-15/h3-7,14H,2,8-12H2,1H3,(H,18,22)/t14-/m0/s1. The summed E-state index contributed by atoms with van der Waals surface area (Å²) in [5.41, 5.74) is 0.917. The Morgan fingerprint density at radius 1 is 1.44 bits per heavy atom. The fourth-order valence-electron chi connectivity index (χ4n) is 2.89. The van der Waals surface area contributed by atoms with Crippen LogP contribution in [0.3, 0.4) is 0 Å². The fraction of sp³-hybridized carbons (Fsp3) is 0.471. The Morgan fingerprint density at radius 2 is 2.32 bits per heavy atom. The number of furan rings is 1. The van der Waals surface area contributed by atoms with E-state index in [0.29, 0.717) is 32.0 Å². The maximum Gasteiger partial charge on any atom is 0.248 e. The molecular weight excluding hydrogens is 324 g/mol. The van der Waals surface area contributed by atoms with Crippen LogP contribution in [0, 0.1) is 0 Å². The number of amides is 2. The number of fused-ring (bicyclic) bond motifs is 1. The summed E-state index contributed by atoms with van der Waals surface area (Å²) in [6.07, 6.45) is 3.51. The van der Waals surface area contributed by atoms with Crippen LogP contribution in [0.15, 0.2) is 35.1 Å². The monoisotopic (exact) mass is 346 g/mol. The highest BCUT2D eigenvalue weighted by molar-refractivity contribution is 5.78. The molecule has 2 amide bonds. The van der Waals surface area contributed by atoms with Crippen molar-refractivity contribution < 1.29 is 18.7 Å². The van der Waals surface area contributed by atoms with Crippen molar-refractivity contribution in [2.45, 2.75) is 32.5 Å². The molecule has 0 spiro atoms. The summed E-state index contributed by atoms with van der Waals surface area (Å²) in [7, 11) is 0. The molecule has 0 bridgehead atoms. The molecule has 0 fully saturated rings. The van der Waals surface area contributed by atoms with Crippen molar-refractivity contribution >= 4 is 11.8 Å². The minimum Gasteiger partial charge on any atom is -0.467 e. The highest BCUT2D eigenvalue weighted by Gasteiger charge is 2.29. The molecule has 3 rings (SSSR count). The van der Waals surface area contributed by atoms with Crippen LogP contribution < -0.4 is 5.32 Å². The molecule has 0 radical (unpaired) electrons. The number of carbonyl (C=O) groups is 2. The number of rotatable bonds is 7. The molecule has 1 aliphatic heterocycles. The number of hydrogen-bond donors (Lipinski definition) is 1. The molecule has 0 unspecified atom stereocenters.